The quantitative estimate of drug-likeness (QED) is 0.676. The first kappa shape index (κ1) is 20.2. The van der Waals surface area contributed by atoms with E-state index in [1.54, 1.807) is 52.0 Å². The summed E-state index contributed by atoms with van der Waals surface area (Å²) in [5.74, 6) is -1.91. The molecule has 0 spiro atoms. The Hall–Kier alpha value is -1.07. The average molecular weight is 414 g/mol. The summed E-state index contributed by atoms with van der Waals surface area (Å²) < 4.78 is 60.2. The Labute approximate surface area is 165 Å². The number of fused-ring (bicyclic) bond motifs is 1. The Morgan fingerprint density at radius 1 is 1.00 bits per heavy atom. The lowest BCUT2D eigenvalue weighted by Gasteiger charge is -2.28. The molecule has 5 atom stereocenters. The molecule has 156 valence electrons. The van der Waals surface area contributed by atoms with E-state index in [4.69, 9.17) is 27.9 Å². The molecule has 28 heavy (non-hydrogen) atoms. The van der Waals surface area contributed by atoms with Gasteiger partial charge in [0.25, 0.3) is 10.1 Å². The van der Waals surface area contributed by atoms with Crippen molar-refractivity contribution in [3.05, 3.63) is 35.9 Å². The van der Waals surface area contributed by atoms with Crippen LogP contribution < -0.4 is 0 Å². The van der Waals surface area contributed by atoms with E-state index < -0.39 is 52.4 Å². The third-order valence-electron chi connectivity index (χ3n) is 4.87. The Morgan fingerprint density at radius 2 is 1.71 bits per heavy atom. The molecule has 0 amide bonds. The third-order valence-corrected chi connectivity index (χ3v) is 6.07. The second-order valence-electron chi connectivity index (χ2n) is 8.18. The van der Waals surface area contributed by atoms with Gasteiger partial charge >= 0.3 is 0 Å². The minimum absolute atomic E-state index is 0.244. The van der Waals surface area contributed by atoms with Gasteiger partial charge in [-0.1, -0.05) is 30.3 Å². The highest BCUT2D eigenvalue weighted by Gasteiger charge is 2.60. The number of benzene rings is 1. The number of rotatable bonds is 5. The van der Waals surface area contributed by atoms with Gasteiger partial charge < -0.3 is 23.7 Å². The van der Waals surface area contributed by atoms with Crippen LogP contribution in [0, 0.1) is 0 Å². The van der Waals surface area contributed by atoms with Gasteiger partial charge in [0, 0.05) is 0 Å². The minimum Gasteiger partial charge on any atom is -0.348 e. The van der Waals surface area contributed by atoms with Crippen LogP contribution in [0.4, 0.5) is 0 Å². The summed E-state index contributed by atoms with van der Waals surface area (Å²) in [6, 6.07) is 8.87. The lowest BCUT2D eigenvalue weighted by molar-refractivity contribution is -0.230. The van der Waals surface area contributed by atoms with Gasteiger partial charge in [-0.3, -0.25) is 4.18 Å². The Balaban J connectivity index is 1.55. The highest BCUT2D eigenvalue weighted by molar-refractivity contribution is 7.85. The smallest absolute Gasteiger partial charge is 0.271 e. The van der Waals surface area contributed by atoms with Crippen LogP contribution in [0.2, 0.25) is 0 Å². The Bertz CT molecular complexity index is 806. The van der Waals surface area contributed by atoms with Crippen molar-refractivity contribution in [1.29, 1.82) is 0 Å². The van der Waals surface area contributed by atoms with Crippen LogP contribution in [0.3, 0.4) is 0 Å². The minimum atomic E-state index is -3.90. The maximum atomic E-state index is 12.7. The topological polar surface area (TPSA) is 89.5 Å². The number of hydrogen-bond acceptors (Lipinski definition) is 8. The molecule has 3 aliphatic heterocycles. The van der Waals surface area contributed by atoms with Crippen molar-refractivity contribution in [1.82, 2.24) is 0 Å². The van der Waals surface area contributed by atoms with Crippen LogP contribution >= 0.6 is 0 Å². The summed E-state index contributed by atoms with van der Waals surface area (Å²) in [4.78, 5) is 0. The lowest BCUT2D eigenvalue weighted by Crippen LogP contribution is -2.45. The average Bonchev–Trinajstić information content (AvgIpc) is 3.18. The van der Waals surface area contributed by atoms with E-state index in [0.717, 1.165) is 0 Å². The highest BCUT2D eigenvalue weighted by atomic mass is 32.2. The molecule has 0 radical (unpaired) electrons. The van der Waals surface area contributed by atoms with E-state index in [0.29, 0.717) is 5.56 Å². The molecule has 3 fully saturated rings. The summed E-state index contributed by atoms with van der Waals surface area (Å²) in [7, 11) is -3.90. The standard InChI is InChI=1S/C19H26O8S/c1-18(2)22-10-13(24-18)14-15(16-17(23-14)26-19(3,4)25-16)27-28(20,21)11-12-8-6-5-7-9-12/h5-9,13-17H,10-11H2,1-4H3/t13-,14-,15+,16-,17-/m1/s1. The van der Waals surface area contributed by atoms with Gasteiger partial charge in [-0.05, 0) is 33.3 Å². The molecule has 9 heteroatoms. The second kappa shape index (κ2) is 7.02. The van der Waals surface area contributed by atoms with Gasteiger partial charge in [0.1, 0.15) is 30.2 Å². The molecule has 1 aromatic carbocycles. The predicted molar refractivity (Wildman–Crippen MR) is 97.5 cm³/mol. The molecule has 8 nitrogen and oxygen atoms in total. The van der Waals surface area contributed by atoms with Gasteiger partial charge in [0.2, 0.25) is 0 Å². The third kappa shape index (κ3) is 4.25. The molecule has 1 aromatic rings. The second-order valence-corrected chi connectivity index (χ2v) is 9.78. The lowest BCUT2D eigenvalue weighted by atomic mass is 10.1. The molecule has 0 bridgehead atoms. The summed E-state index contributed by atoms with van der Waals surface area (Å²) in [5.41, 5.74) is 0.639. The largest absolute Gasteiger partial charge is 0.348 e. The molecular weight excluding hydrogens is 388 g/mol. The van der Waals surface area contributed by atoms with Crippen LogP contribution in [0.15, 0.2) is 30.3 Å². The molecule has 0 N–H and O–H groups in total. The molecule has 0 saturated carbocycles. The molecule has 3 heterocycles. The summed E-state index contributed by atoms with van der Waals surface area (Å²) in [5, 5.41) is 0. The maximum absolute atomic E-state index is 12.7. The molecule has 0 unspecified atom stereocenters. The van der Waals surface area contributed by atoms with Crippen LogP contribution in [-0.4, -0.2) is 57.3 Å². The molecule has 3 aliphatic rings. The van der Waals surface area contributed by atoms with E-state index in [1.807, 2.05) is 6.07 Å². The maximum Gasteiger partial charge on any atom is 0.271 e. The zero-order valence-electron chi connectivity index (χ0n) is 16.4. The Kier molecular flexibility index (Phi) is 5.06. The van der Waals surface area contributed by atoms with Gasteiger partial charge in [0.05, 0.1) is 6.61 Å². The number of hydrogen-bond donors (Lipinski definition) is 0. The zero-order valence-corrected chi connectivity index (χ0v) is 17.2. The zero-order chi connectivity index (χ0) is 20.2. The van der Waals surface area contributed by atoms with Crippen molar-refractivity contribution in [2.45, 2.75) is 75.7 Å². The summed E-state index contributed by atoms with van der Waals surface area (Å²) in [6.45, 7) is 7.34. The van der Waals surface area contributed by atoms with Crippen molar-refractivity contribution >= 4 is 10.1 Å². The Morgan fingerprint density at radius 3 is 2.36 bits per heavy atom. The van der Waals surface area contributed by atoms with E-state index in [1.165, 1.54) is 0 Å². The first-order valence-electron chi connectivity index (χ1n) is 9.31. The molecule has 0 aliphatic carbocycles. The van der Waals surface area contributed by atoms with Crippen molar-refractivity contribution in [2.24, 2.45) is 0 Å². The van der Waals surface area contributed by atoms with Crippen LogP contribution in [-0.2, 0) is 43.7 Å². The van der Waals surface area contributed by atoms with E-state index in [2.05, 4.69) is 0 Å². The van der Waals surface area contributed by atoms with Crippen molar-refractivity contribution in [2.75, 3.05) is 6.61 Å². The molecule has 4 rings (SSSR count). The SMILES string of the molecule is CC1(C)O[C@H]2O[C@H]([C@H]3COC(C)(C)O3)[C@H](OS(=O)(=O)Cc3ccccc3)[C@H]2O1. The van der Waals surface area contributed by atoms with E-state index >= 15 is 0 Å². The molecule has 0 aromatic heterocycles. The van der Waals surface area contributed by atoms with Crippen molar-refractivity contribution in [3.63, 3.8) is 0 Å². The monoisotopic (exact) mass is 414 g/mol. The van der Waals surface area contributed by atoms with Crippen LogP contribution in [0.5, 0.6) is 0 Å². The van der Waals surface area contributed by atoms with Gasteiger partial charge in [-0.2, -0.15) is 8.42 Å². The first-order valence-corrected chi connectivity index (χ1v) is 10.9. The van der Waals surface area contributed by atoms with Gasteiger partial charge in [-0.15, -0.1) is 0 Å². The van der Waals surface area contributed by atoms with E-state index in [9.17, 15) is 8.42 Å². The summed E-state index contributed by atoms with van der Waals surface area (Å²) >= 11 is 0. The van der Waals surface area contributed by atoms with Crippen LogP contribution in [0.1, 0.15) is 33.3 Å². The normalized spacial score (nSPS) is 36.5. The fraction of sp³-hybridized carbons (Fsp3) is 0.684. The highest BCUT2D eigenvalue weighted by Crippen LogP contribution is 2.42. The number of ether oxygens (including phenoxy) is 5. The van der Waals surface area contributed by atoms with Gasteiger partial charge in [-0.25, -0.2) is 0 Å². The molecule has 3 saturated heterocycles. The van der Waals surface area contributed by atoms with Gasteiger partial charge in [0.15, 0.2) is 17.9 Å². The first-order chi connectivity index (χ1) is 13.0. The van der Waals surface area contributed by atoms with E-state index in [-0.39, 0.29) is 12.4 Å². The van der Waals surface area contributed by atoms with Crippen LogP contribution in [0.25, 0.3) is 0 Å². The summed E-state index contributed by atoms with van der Waals surface area (Å²) in [6.07, 6.45) is -3.50. The fourth-order valence-electron chi connectivity index (χ4n) is 3.77. The van der Waals surface area contributed by atoms with Crippen molar-refractivity contribution in [3.8, 4) is 0 Å². The predicted octanol–water partition coefficient (Wildman–Crippen LogP) is 1.93. The van der Waals surface area contributed by atoms with Crippen molar-refractivity contribution < 1.29 is 36.3 Å². The fourth-order valence-corrected chi connectivity index (χ4v) is 5.00. The molecular formula is C19H26O8S.